The summed E-state index contributed by atoms with van der Waals surface area (Å²) in [5.74, 6) is 2.27. The smallest absolute Gasteiger partial charge is 0.191 e. The van der Waals surface area contributed by atoms with Crippen LogP contribution in [0.25, 0.3) is 0 Å². The summed E-state index contributed by atoms with van der Waals surface area (Å²) in [6, 6.07) is 1.61. The van der Waals surface area contributed by atoms with Crippen LogP contribution in [0, 0.1) is 11.8 Å². The summed E-state index contributed by atoms with van der Waals surface area (Å²) in [6.07, 6.45) is 1.20. The average Bonchev–Trinajstić information content (AvgIpc) is 2.98. The van der Waals surface area contributed by atoms with Crippen molar-refractivity contribution in [2.24, 2.45) is 16.8 Å². The summed E-state index contributed by atoms with van der Waals surface area (Å²) in [7, 11) is 1.88. The van der Waals surface area contributed by atoms with Gasteiger partial charge < -0.3 is 15.4 Å². The van der Waals surface area contributed by atoms with Gasteiger partial charge in [-0.25, -0.2) is 0 Å². The van der Waals surface area contributed by atoms with E-state index in [9.17, 15) is 0 Å². The third-order valence-electron chi connectivity index (χ3n) is 5.73. The zero-order valence-corrected chi connectivity index (χ0v) is 20.5. The van der Waals surface area contributed by atoms with E-state index in [0.717, 1.165) is 51.9 Å². The first kappa shape index (κ1) is 24.9. The normalized spacial score (nSPS) is 26.3. The molecule has 2 aliphatic rings. The van der Waals surface area contributed by atoms with Gasteiger partial charge in [0.1, 0.15) is 0 Å². The van der Waals surface area contributed by atoms with Crippen LogP contribution in [0.3, 0.4) is 0 Å². The maximum Gasteiger partial charge on any atom is 0.191 e. The number of ether oxygens (including phenoxy) is 1. The average molecular weight is 495 g/mol. The Balaban J connectivity index is 0.00000364. The summed E-state index contributed by atoms with van der Waals surface area (Å²) >= 11 is 0. The highest BCUT2D eigenvalue weighted by atomic mass is 127. The predicted molar refractivity (Wildman–Crippen MR) is 125 cm³/mol. The minimum atomic E-state index is 0. The maximum absolute atomic E-state index is 5.53. The first-order chi connectivity index (χ1) is 12.4. The molecule has 160 valence electrons. The zero-order chi connectivity index (χ0) is 19.1. The van der Waals surface area contributed by atoms with Crippen LogP contribution in [-0.2, 0) is 4.74 Å². The molecule has 0 aromatic heterocycles. The Labute approximate surface area is 183 Å². The van der Waals surface area contributed by atoms with Gasteiger partial charge in [0.15, 0.2) is 5.96 Å². The molecule has 0 saturated carbocycles. The molecule has 3 unspecified atom stereocenters. The Hall–Kier alpha value is -0.120. The van der Waals surface area contributed by atoms with E-state index in [1.807, 2.05) is 7.05 Å². The van der Waals surface area contributed by atoms with Gasteiger partial charge in [-0.15, -0.1) is 24.0 Å². The molecule has 2 N–H and O–H groups in total. The lowest BCUT2D eigenvalue weighted by Gasteiger charge is -2.36. The minimum Gasteiger partial charge on any atom is -0.379 e. The number of aliphatic imine (C=N–C) groups is 1. The second-order valence-electron chi connectivity index (χ2n) is 8.66. The lowest BCUT2D eigenvalue weighted by Crippen LogP contribution is -2.53. The van der Waals surface area contributed by atoms with Crippen LogP contribution >= 0.6 is 24.0 Å². The first-order valence-electron chi connectivity index (χ1n) is 10.4. The van der Waals surface area contributed by atoms with E-state index in [-0.39, 0.29) is 24.0 Å². The summed E-state index contributed by atoms with van der Waals surface area (Å²) in [5, 5.41) is 7.27. The first-order valence-corrected chi connectivity index (χ1v) is 10.4. The van der Waals surface area contributed by atoms with Gasteiger partial charge in [0.2, 0.25) is 0 Å². The van der Waals surface area contributed by atoms with Gasteiger partial charge in [-0.05, 0) is 32.1 Å². The zero-order valence-electron chi connectivity index (χ0n) is 18.2. The van der Waals surface area contributed by atoms with E-state index in [2.05, 4.69) is 60.0 Å². The highest BCUT2D eigenvalue weighted by Gasteiger charge is 2.31. The van der Waals surface area contributed by atoms with Gasteiger partial charge in [-0.3, -0.25) is 14.8 Å². The van der Waals surface area contributed by atoms with Crippen molar-refractivity contribution in [3.63, 3.8) is 0 Å². The minimum absolute atomic E-state index is 0. The Morgan fingerprint density at radius 2 is 1.78 bits per heavy atom. The number of hydrogen-bond donors (Lipinski definition) is 2. The molecule has 2 saturated heterocycles. The number of likely N-dealkylation sites (tertiary alicyclic amines) is 1. The van der Waals surface area contributed by atoms with Crippen LogP contribution < -0.4 is 10.6 Å². The van der Waals surface area contributed by atoms with Crippen LogP contribution in [0.1, 0.15) is 41.0 Å². The maximum atomic E-state index is 5.53. The molecule has 7 heteroatoms. The second-order valence-corrected chi connectivity index (χ2v) is 8.66. The van der Waals surface area contributed by atoms with Crippen molar-refractivity contribution in [1.82, 2.24) is 20.4 Å². The lowest BCUT2D eigenvalue weighted by atomic mass is 10.0. The Morgan fingerprint density at radius 1 is 1.11 bits per heavy atom. The van der Waals surface area contributed by atoms with Gasteiger partial charge in [0.05, 0.1) is 13.2 Å². The van der Waals surface area contributed by atoms with Crippen LogP contribution in [0.2, 0.25) is 0 Å². The van der Waals surface area contributed by atoms with Gasteiger partial charge in [-0.2, -0.15) is 0 Å². The molecular formula is C20H42IN5O. The topological polar surface area (TPSA) is 52.1 Å². The predicted octanol–water partition coefficient (Wildman–Crippen LogP) is 2.25. The highest BCUT2D eigenvalue weighted by Crippen LogP contribution is 2.18. The summed E-state index contributed by atoms with van der Waals surface area (Å²) in [5.41, 5.74) is 0. The summed E-state index contributed by atoms with van der Waals surface area (Å²) < 4.78 is 5.53. The fraction of sp³-hybridized carbons (Fsp3) is 0.950. The lowest BCUT2D eigenvalue weighted by molar-refractivity contribution is 0.0132. The molecule has 0 radical (unpaired) electrons. The number of morpholine rings is 1. The molecule has 2 aliphatic heterocycles. The van der Waals surface area contributed by atoms with Crippen molar-refractivity contribution in [2.45, 2.75) is 59.2 Å². The molecule has 0 aromatic carbocycles. The largest absolute Gasteiger partial charge is 0.379 e. The van der Waals surface area contributed by atoms with E-state index in [1.54, 1.807) is 0 Å². The number of hydrogen-bond acceptors (Lipinski definition) is 4. The molecule has 6 nitrogen and oxygen atoms in total. The van der Waals surface area contributed by atoms with Gasteiger partial charge in [-0.1, -0.05) is 20.8 Å². The van der Waals surface area contributed by atoms with Crippen molar-refractivity contribution >= 4 is 29.9 Å². The van der Waals surface area contributed by atoms with E-state index >= 15 is 0 Å². The summed E-state index contributed by atoms with van der Waals surface area (Å²) in [4.78, 5) is 9.60. The fourth-order valence-corrected chi connectivity index (χ4v) is 4.05. The SMILES string of the molecule is CN=C(NCC(CC(C)C)N1CCOCC1)NC1CN(C(C)C)CC1C.I. The number of nitrogens with zero attached hydrogens (tertiary/aromatic N) is 3. The highest BCUT2D eigenvalue weighted by molar-refractivity contribution is 14.0. The molecule has 27 heavy (non-hydrogen) atoms. The Morgan fingerprint density at radius 3 is 2.30 bits per heavy atom. The van der Waals surface area contributed by atoms with Crippen LogP contribution in [0.4, 0.5) is 0 Å². The standard InChI is InChI=1S/C20H41N5O.HI/c1-15(2)11-18(24-7-9-26-10-8-24)12-22-20(21-6)23-19-14-25(16(3)4)13-17(19)5;/h15-19H,7-14H2,1-6H3,(H2,21,22,23);1H. The molecule has 2 rings (SSSR count). The molecule has 0 aromatic rings. The number of guanidine groups is 1. The number of rotatable bonds is 7. The molecule has 3 atom stereocenters. The van der Waals surface area contributed by atoms with Gasteiger partial charge >= 0.3 is 0 Å². The molecule has 0 aliphatic carbocycles. The van der Waals surface area contributed by atoms with Crippen LogP contribution in [-0.4, -0.2) is 86.9 Å². The molecule has 0 spiro atoms. The molecule has 0 bridgehead atoms. The quantitative estimate of drug-likeness (QED) is 0.323. The van der Waals surface area contributed by atoms with E-state index in [4.69, 9.17) is 4.74 Å². The van der Waals surface area contributed by atoms with Crippen LogP contribution in [0.5, 0.6) is 0 Å². The Kier molecular flexibility index (Phi) is 11.5. The van der Waals surface area contributed by atoms with Crippen molar-refractivity contribution in [3.8, 4) is 0 Å². The Bertz CT molecular complexity index is 440. The summed E-state index contributed by atoms with van der Waals surface area (Å²) in [6.45, 7) is 18.5. The molecular weight excluding hydrogens is 453 g/mol. The number of nitrogens with one attached hydrogen (secondary N) is 2. The van der Waals surface area contributed by atoms with Crippen molar-refractivity contribution in [2.75, 3.05) is 53.0 Å². The van der Waals surface area contributed by atoms with Crippen molar-refractivity contribution in [1.29, 1.82) is 0 Å². The molecule has 2 fully saturated rings. The van der Waals surface area contributed by atoms with Crippen LogP contribution in [0.15, 0.2) is 4.99 Å². The van der Waals surface area contributed by atoms with Crippen molar-refractivity contribution < 1.29 is 4.74 Å². The van der Waals surface area contributed by atoms with E-state index in [0.29, 0.717) is 30.0 Å². The van der Waals surface area contributed by atoms with E-state index in [1.165, 1.54) is 6.42 Å². The second kappa shape index (κ2) is 12.4. The molecule has 0 amide bonds. The van der Waals surface area contributed by atoms with E-state index < -0.39 is 0 Å². The van der Waals surface area contributed by atoms with Gasteiger partial charge in [0.25, 0.3) is 0 Å². The third-order valence-corrected chi connectivity index (χ3v) is 5.73. The third kappa shape index (κ3) is 8.03. The number of halogens is 1. The fourth-order valence-electron chi connectivity index (χ4n) is 4.05. The molecule has 2 heterocycles. The van der Waals surface area contributed by atoms with Gasteiger partial charge in [0, 0.05) is 57.9 Å². The monoisotopic (exact) mass is 495 g/mol. The van der Waals surface area contributed by atoms with Crippen molar-refractivity contribution in [3.05, 3.63) is 0 Å².